The molecule has 0 aliphatic heterocycles. The molecule has 0 spiro atoms. The van der Waals surface area contributed by atoms with Crippen LogP contribution in [0.3, 0.4) is 0 Å². The molecule has 0 heterocycles. The van der Waals surface area contributed by atoms with E-state index in [9.17, 15) is 9.59 Å². The van der Waals surface area contributed by atoms with Gasteiger partial charge in [0.1, 0.15) is 0 Å². The lowest BCUT2D eigenvalue weighted by atomic mass is 10.00. The highest BCUT2D eigenvalue weighted by atomic mass is 127. The predicted octanol–water partition coefficient (Wildman–Crippen LogP) is 2.37. The zero-order valence-corrected chi connectivity index (χ0v) is 14.2. The van der Waals surface area contributed by atoms with Gasteiger partial charge in [-0.25, -0.2) is 0 Å². The van der Waals surface area contributed by atoms with Crippen LogP contribution in [-0.4, -0.2) is 39.2 Å². The first-order chi connectivity index (χ1) is 8.58. The molecule has 19 heavy (non-hydrogen) atoms. The fourth-order valence-electron chi connectivity index (χ4n) is 1.54. The molecule has 0 bridgehead atoms. The van der Waals surface area contributed by atoms with Crippen molar-refractivity contribution in [1.82, 2.24) is 5.32 Å². The van der Waals surface area contributed by atoms with Gasteiger partial charge in [-0.3, -0.25) is 9.59 Å². The molecule has 1 amide bonds. The summed E-state index contributed by atoms with van der Waals surface area (Å²) in [7, 11) is 0. The van der Waals surface area contributed by atoms with Crippen LogP contribution in [0.5, 0.6) is 0 Å². The smallest absolute Gasteiger partial charge is 0.303 e. The van der Waals surface area contributed by atoms with Gasteiger partial charge in [0.05, 0.1) is 10.0 Å². The van der Waals surface area contributed by atoms with E-state index in [1.807, 2.05) is 50.3 Å². The number of hydrogen-bond donors (Lipinski definition) is 2. The number of alkyl halides is 1. The molecule has 0 atom stereocenters. The van der Waals surface area contributed by atoms with Gasteiger partial charge in [0.25, 0.3) is 0 Å². The first-order valence-electron chi connectivity index (χ1n) is 6.31. The average Bonchev–Trinajstić information content (AvgIpc) is 2.25. The summed E-state index contributed by atoms with van der Waals surface area (Å²) in [6, 6.07) is 0. The number of ether oxygens (including phenoxy) is 1. The van der Waals surface area contributed by atoms with Gasteiger partial charge in [0, 0.05) is 18.6 Å². The van der Waals surface area contributed by atoms with Crippen molar-refractivity contribution in [3.8, 4) is 0 Å². The van der Waals surface area contributed by atoms with Crippen LogP contribution in [0.15, 0.2) is 0 Å². The molecule has 0 aliphatic carbocycles. The van der Waals surface area contributed by atoms with Crippen LogP contribution in [0.25, 0.3) is 0 Å². The molecule has 0 aromatic heterocycles. The molecule has 0 fully saturated rings. The van der Waals surface area contributed by atoms with Crippen LogP contribution in [0.4, 0.5) is 0 Å². The van der Waals surface area contributed by atoms with Crippen molar-refractivity contribution < 1.29 is 19.4 Å². The van der Waals surface area contributed by atoms with Crippen molar-refractivity contribution in [3.63, 3.8) is 0 Å². The fourth-order valence-corrected chi connectivity index (χ4v) is 1.73. The Hall–Kier alpha value is -0.370. The zero-order chi connectivity index (χ0) is 15.1. The molecule has 5 nitrogen and oxygen atoms in total. The molecule has 0 aromatic carbocycles. The van der Waals surface area contributed by atoms with E-state index >= 15 is 0 Å². The third kappa shape index (κ3) is 10.1. The molecule has 0 aliphatic rings. The van der Waals surface area contributed by atoms with E-state index in [2.05, 4.69) is 5.32 Å². The third-order valence-electron chi connectivity index (χ3n) is 2.76. The van der Waals surface area contributed by atoms with Gasteiger partial charge in [-0.2, -0.15) is 0 Å². The van der Waals surface area contributed by atoms with Crippen LogP contribution in [-0.2, 0) is 14.3 Å². The topological polar surface area (TPSA) is 75.6 Å². The third-order valence-corrected chi connectivity index (χ3v) is 3.45. The highest BCUT2D eigenvalue weighted by Gasteiger charge is 2.23. The lowest BCUT2D eigenvalue weighted by molar-refractivity contribution is -0.139. The number of carboxylic acids is 1. The monoisotopic (exact) mass is 385 g/mol. The highest BCUT2D eigenvalue weighted by Crippen LogP contribution is 2.19. The summed E-state index contributed by atoms with van der Waals surface area (Å²) < 4.78 is 6.15. The number of nitrogens with one attached hydrogen (secondary N) is 1. The van der Waals surface area contributed by atoms with Gasteiger partial charge in [-0.1, -0.05) is 22.6 Å². The van der Waals surface area contributed by atoms with E-state index in [-0.39, 0.29) is 17.9 Å². The SMILES string of the molecule is CC(C)(CCOC(C)(C)CCC(=O)O)NC(=O)CI. The van der Waals surface area contributed by atoms with E-state index in [4.69, 9.17) is 9.84 Å². The predicted molar refractivity (Wildman–Crippen MR) is 82.6 cm³/mol. The van der Waals surface area contributed by atoms with Crippen LogP contribution in [0.1, 0.15) is 47.0 Å². The number of halogens is 1. The van der Waals surface area contributed by atoms with Gasteiger partial charge >= 0.3 is 5.97 Å². The molecule has 2 N–H and O–H groups in total. The summed E-state index contributed by atoms with van der Waals surface area (Å²) >= 11 is 2.02. The Balaban J connectivity index is 4.05. The van der Waals surface area contributed by atoms with Crippen molar-refractivity contribution in [2.45, 2.75) is 58.1 Å². The van der Waals surface area contributed by atoms with E-state index in [1.54, 1.807) is 0 Å². The molecule has 0 unspecified atom stereocenters. The number of carbonyl (C=O) groups excluding carboxylic acids is 1. The second-order valence-electron chi connectivity index (χ2n) is 5.82. The molecule has 6 heteroatoms. The second-order valence-corrected chi connectivity index (χ2v) is 6.58. The van der Waals surface area contributed by atoms with E-state index < -0.39 is 11.6 Å². The van der Waals surface area contributed by atoms with Crippen molar-refractivity contribution in [1.29, 1.82) is 0 Å². The molecule has 0 saturated carbocycles. The van der Waals surface area contributed by atoms with Crippen LogP contribution in [0.2, 0.25) is 0 Å². The largest absolute Gasteiger partial charge is 0.481 e. The second kappa shape index (κ2) is 8.04. The van der Waals surface area contributed by atoms with Gasteiger partial charge in [-0.15, -0.1) is 0 Å². The summed E-state index contributed by atoms with van der Waals surface area (Å²) in [6.45, 7) is 8.15. The standard InChI is InChI=1S/C13H24INO4/c1-12(2,15-10(16)9-14)7-8-19-13(3,4)6-5-11(17)18/h5-9H2,1-4H3,(H,15,16)(H,17,18). The van der Waals surface area contributed by atoms with Gasteiger partial charge in [0.2, 0.25) is 5.91 Å². The molecule has 112 valence electrons. The summed E-state index contributed by atoms with van der Waals surface area (Å²) in [5, 5.41) is 11.6. The number of carboxylic acid groups (broad SMARTS) is 1. The first-order valence-corrected chi connectivity index (χ1v) is 7.83. The number of aliphatic carboxylic acids is 1. The van der Waals surface area contributed by atoms with Crippen LogP contribution in [0, 0.1) is 0 Å². The Morgan fingerprint density at radius 2 is 1.79 bits per heavy atom. The molecule has 0 aromatic rings. The quantitative estimate of drug-likeness (QED) is 0.472. The molecule has 0 rings (SSSR count). The summed E-state index contributed by atoms with van der Waals surface area (Å²) in [6.07, 6.45) is 1.26. The maximum Gasteiger partial charge on any atom is 0.303 e. The summed E-state index contributed by atoms with van der Waals surface area (Å²) in [5.74, 6) is -0.804. The van der Waals surface area contributed by atoms with Crippen molar-refractivity contribution in [3.05, 3.63) is 0 Å². The minimum atomic E-state index is -0.814. The van der Waals surface area contributed by atoms with E-state index in [0.29, 0.717) is 23.9 Å². The molecule has 0 radical (unpaired) electrons. The Kier molecular flexibility index (Phi) is 7.88. The Bertz CT molecular complexity index is 316. The Morgan fingerprint density at radius 3 is 2.26 bits per heavy atom. The molecular weight excluding hydrogens is 361 g/mol. The zero-order valence-electron chi connectivity index (χ0n) is 12.1. The van der Waals surface area contributed by atoms with Gasteiger partial charge in [-0.05, 0) is 40.5 Å². The van der Waals surface area contributed by atoms with Gasteiger partial charge in [0.15, 0.2) is 0 Å². The lowest BCUT2D eigenvalue weighted by Gasteiger charge is -2.30. The Morgan fingerprint density at radius 1 is 1.21 bits per heavy atom. The lowest BCUT2D eigenvalue weighted by Crippen LogP contribution is -2.45. The molecule has 0 saturated heterocycles. The summed E-state index contributed by atoms with van der Waals surface area (Å²) in [5.41, 5.74) is -0.771. The number of rotatable bonds is 9. The van der Waals surface area contributed by atoms with Crippen molar-refractivity contribution >= 4 is 34.5 Å². The minimum Gasteiger partial charge on any atom is -0.481 e. The fraction of sp³-hybridized carbons (Fsp3) is 0.846. The van der Waals surface area contributed by atoms with Crippen molar-refractivity contribution in [2.24, 2.45) is 0 Å². The number of hydrogen-bond acceptors (Lipinski definition) is 3. The minimum absolute atomic E-state index is 0.00994. The first kappa shape index (κ1) is 18.6. The maximum atomic E-state index is 11.3. The normalized spacial score (nSPS) is 12.3. The molecular formula is C13H24INO4. The average molecular weight is 385 g/mol. The van der Waals surface area contributed by atoms with Crippen LogP contribution < -0.4 is 5.32 Å². The van der Waals surface area contributed by atoms with Gasteiger partial charge < -0.3 is 15.2 Å². The Labute approximate surface area is 128 Å². The van der Waals surface area contributed by atoms with Crippen LogP contribution >= 0.6 is 22.6 Å². The highest BCUT2D eigenvalue weighted by molar-refractivity contribution is 14.1. The van der Waals surface area contributed by atoms with E-state index in [1.165, 1.54) is 0 Å². The maximum absolute atomic E-state index is 11.3. The van der Waals surface area contributed by atoms with E-state index in [0.717, 1.165) is 0 Å². The number of amides is 1. The number of carbonyl (C=O) groups is 2. The summed E-state index contributed by atoms with van der Waals surface area (Å²) in [4.78, 5) is 21.9. The van der Waals surface area contributed by atoms with Crippen molar-refractivity contribution in [2.75, 3.05) is 11.0 Å².